The molecule has 5 heteroatoms. The van der Waals surface area contributed by atoms with Crippen LogP contribution >= 0.6 is 0 Å². The molecule has 1 rings (SSSR count). The Labute approximate surface area is 119 Å². The third-order valence-corrected chi connectivity index (χ3v) is 3.02. The molecule has 0 heterocycles. The third-order valence-electron chi connectivity index (χ3n) is 3.02. The summed E-state index contributed by atoms with van der Waals surface area (Å²) in [7, 11) is 0. The summed E-state index contributed by atoms with van der Waals surface area (Å²) in [5.74, 6) is -0.847. The Hall–Kier alpha value is -2.04. The Balaban J connectivity index is 2.28. The first-order chi connectivity index (χ1) is 9.49. The summed E-state index contributed by atoms with van der Waals surface area (Å²) in [5, 5.41) is 14.0. The average molecular weight is 278 g/mol. The minimum absolute atomic E-state index is 0.0237. The molecule has 0 aliphatic rings. The van der Waals surface area contributed by atoms with Gasteiger partial charge in [0.25, 0.3) is 0 Å². The Morgan fingerprint density at radius 1 is 1.30 bits per heavy atom. The van der Waals surface area contributed by atoms with Crippen molar-refractivity contribution < 1.29 is 14.7 Å². The molecule has 0 aromatic heterocycles. The van der Waals surface area contributed by atoms with Crippen LogP contribution in [0.5, 0.6) is 0 Å². The fourth-order valence-corrected chi connectivity index (χ4v) is 1.94. The van der Waals surface area contributed by atoms with E-state index >= 15 is 0 Å². The number of benzene rings is 1. The monoisotopic (exact) mass is 278 g/mol. The molecule has 2 amide bonds. The number of amides is 2. The summed E-state index contributed by atoms with van der Waals surface area (Å²) < 4.78 is 0. The van der Waals surface area contributed by atoms with Crippen molar-refractivity contribution >= 4 is 12.0 Å². The van der Waals surface area contributed by atoms with Crippen LogP contribution in [0.2, 0.25) is 0 Å². The van der Waals surface area contributed by atoms with Gasteiger partial charge in [-0.05, 0) is 37.8 Å². The number of aryl methyl sites for hydroxylation is 1. The van der Waals surface area contributed by atoms with Crippen LogP contribution in [0.3, 0.4) is 0 Å². The Kier molecular flexibility index (Phi) is 6.56. The highest BCUT2D eigenvalue weighted by atomic mass is 16.4. The van der Waals surface area contributed by atoms with E-state index in [1.165, 1.54) is 11.1 Å². The van der Waals surface area contributed by atoms with E-state index in [1.807, 2.05) is 32.0 Å². The molecule has 0 bridgehead atoms. The van der Waals surface area contributed by atoms with Gasteiger partial charge in [0.05, 0.1) is 0 Å². The van der Waals surface area contributed by atoms with Gasteiger partial charge < -0.3 is 15.7 Å². The van der Waals surface area contributed by atoms with E-state index in [1.54, 1.807) is 0 Å². The highest BCUT2D eigenvalue weighted by Gasteiger charge is 2.08. The number of hydrogen-bond donors (Lipinski definition) is 3. The van der Waals surface area contributed by atoms with E-state index in [-0.39, 0.29) is 18.5 Å². The molecule has 0 aliphatic carbocycles. The molecule has 0 saturated heterocycles. The first-order valence-corrected chi connectivity index (χ1v) is 6.79. The minimum Gasteiger partial charge on any atom is -0.481 e. The number of aliphatic carboxylic acids is 1. The molecule has 1 aromatic carbocycles. The number of urea groups is 1. The van der Waals surface area contributed by atoms with Crippen LogP contribution in [0.1, 0.15) is 30.9 Å². The van der Waals surface area contributed by atoms with E-state index in [0.717, 1.165) is 6.42 Å². The van der Waals surface area contributed by atoms with Crippen molar-refractivity contribution in [1.82, 2.24) is 10.6 Å². The van der Waals surface area contributed by atoms with Crippen molar-refractivity contribution in [1.29, 1.82) is 0 Å². The predicted octanol–water partition coefficient (Wildman–Crippen LogP) is 2.09. The molecule has 1 atom stereocenters. The van der Waals surface area contributed by atoms with Crippen molar-refractivity contribution in [2.45, 2.75) is 39.2 Å². The van der Waals surface area contributed by atoms with Gasteiger partial charge in [0, 0.05) is 19.0 Å². The number of carboxylic acid groups (broad SMARTS) is 1. The second-order valence-electron chi connectivity index (χ2n) is 4.93. The number of rotatable bonds is 7. The molecule has 0 spiro atoms. The zero-order chi connectivity index (χ0) is 15.0. The second kappa shape index (κ2) is 8.19. The van der Waals surface area contributed by atoms with Gasteiger partial charge in [0.15, 0.2) is 0 Å². The zero-order valence-electron chi connectivity index (χ0n) is 12.0. The lowest BCUT2D eigenvalue weighted by molar-refractivity contribution is -0.137. The summed E-state index contributed by atoms with van der Waals surface area (Å²) in [4.78, 5) is 21.9. The number of carbonyl (C=O) groups is 2. The smallest absolute Gasteiger partial charge is 0.315 e. The maximum absolute atomic E-state index is 11.6. The Bertz CT molecular complexity index is 460. The number of carbonyl (C=O) groups excluding carboxylic acids is 1. The Morgan fingerprint density at radius 3 is 2.65 bits per heavy atom. The topological polar surface area (TPSA) is 78.4 Å². The summed E-state index contributed by atoms with van der Waals surface area (Å²) in [6.45, 7) is 4.37. The maximum Gasteiger partial charge on any atom is 0.315 e. The van der Waals surface area contributed by atoms with Gasteiger partial charge in [-0.25, -0.2) is 4.79 Å². The lowest BCUT2D eigenvalue weighted by Crippen LogP contribution is -2.42. The van der Waals surface area contributed by atoms with Crippen molar-refractivity contribution in [2.24, 2.45) is 0 Å². The lowest BCUT2D eigenvalue weighted by Gasteiger charge is -2.15. The summed E-state index contributed by atoms with van der Waals surface area (Å²) in [6, 6.07) is 7.85. The molecule has 110 valence electrons. The molecule has 5 nitrogen and oxygen atoms in total. The molecule has 1 unspecified atom stereocenters. The van der Waals surface area contributed by atoms with E-state index in [4.69, 9.17) is 5.11 Å². The van der Waals surface area contributed by atoms with Crippen LogP contribution in [0, 0.1) is 6.92 Å². The van der Waals surface area contributed by atoms with Crippen LogP contribution in [0.25, 0.3) is 0 Å². The molecular weight excluding hydrogens is 256 g/mol. The van der Waals surface area contributed by atoms with Gasteiger partial charge in [-0.3, -0.25) is 4.79 Å². The third kappa shape index (κ3) is 6.22. The molecule has 0 aliphatic heterocycles. The van der Waals surface area contributed by atoms with Gasteiger partial charge in [0.1, 0.15) is 0 Å². The normalized spacial score (nSPS) is 11.7. The van der Waals surface area contributed by atoms with E-state index < -0.39 is 5.97 Å². The van der Waals surface area contributed by atoms with Crippen LogP contribution in [0.4, 0.5) is 4.79 Å². The van der Waals surface area contributed by atoms with Crippen molar-refractivity contribution in [3.63, 3.8) is 0 Å². The van der Waals surface area contributed by atoms with Gasteiger partial charge in [-0.2, -0.15) is 0 Å². The van der Waals surface area contributed by atoms with Crippen LogP contribution in [-0.2, 0) is 11.2 Å². The summed E-state index contributed by atoms with van der Waals surface area (Å²) in [6.07, 6.45) is 1.28. The van der Waals surface area contributed by atoms with Gasteiger partial charge >= 0.3 is 12.0 Å². The highest BCUT2D eigenvalue weighted by Crippen LogP contribution is 2.09. The molecule has 0 radical (unpaired) electrons. The van der Waals surface area contributed by atoms with Crippen LogP contribution in [0.15, 0.2) is 24.3 Å². The van der Waals surface area contributed by atoms with Crippen LogP contribution in [-0.4, -0.2) is 29.7 Å². The molecule has 0 fully saturated rings. The molecule has 3 N–H and O–H groups in total. The van der Waals surface area contributed by atoms with Crippen LogP contribution < -0.4 is 10.6 Å². The van der Waals surface area contributed by atoms with Gasteiger partial charge in [0.2, 0.25) is 0 Å². The molecule has 1 aromatic rings. The fourth-order valence-electron chi connectivity index (χ4n) is 1.94. The largest absolute Gasteiger partial charge is 0.481 e. The molecule has 0 saturated carbocycles. The summed E-state index contributed by atoms with van der Waals surface area (Å²) in [5.41, 5.74) is 2.43. The first kappa shape index (κ1) is 16.0. The van der Waals surface area contributed by atoms with E-state index in [2.05, 4.69) is 16.7 Å². The second-order valence-corrected chi connectivity index (χ2v) is 4.93. The Morgan fingerprint density at radius 2 is 2.00 bits per heavy atom. The van der Waals surface area contributed by atoms with Crippen molar-refractivity contribution in [3.8, 4) is 0 Å². The fraction of sp³-hybridized carbons (Fsp3) is 0.467. The zero-order valence-corrected chi connectivity index (χ0v) is 12.0. The number of hydrogen-bond acceptors (Lipinski definition) is 2. The SMILES string of the molecule is Cc1ccccc1CC(C)NC(=O)NCCCC(=O)O. The van der Waals surface area contributed by atoms with Crippen molar-refractivity contribution in [2.75, 3.05) is 6.54 Å². The van der Waals surface area contributed by atoms with E-state index in [0.29, 0.717) is 13.0 Å². The summed E-state index contributed by atoms with van der Waals surface area (Å²) >= 11 is 0. The quantitative estimate of drug-likeness (QED) is 0.668. The average Bonchev–Trinajstić information content (AvgIpc) is 2.37. The lowest BCUT2D eigenvalue weighted by atomic mass is 10.0. The minimum atomic E-state index is -0.847. The molecular formula is C15H22N2O3. The maximum atomic E-state index is 11.6. The van der Waals surface area contributed by atoms with Gasteiger partial charge in [-0.15, -0.1) is 0 Å². The predicted molar refractivity (Wildman–Crippen MR) is 77.7 cm³/mol. The number of nitrogens with one attached hydrogen (secondary N) is 2. The first-order valence-electron chi connectivity index (χ1n) is 6.79. The standard InChI is InChI=1S/C15H22N2O3/c1-11-6-3-4-7-13(11)10-12(2)17-15(20)16-9-5-8-14(18)19/h3-4,6-7,12H,5,8-10H2,1-2H3,(H,18,19)(H2,16,17,20). The highest BCUT2D eigenvalue weighted by molar-refractivity contribution is 5.74. The molecule has 20 heavy (non-hydrogen) atoms. The van der Waals surface area contributed by atoms with Crippen molar-refractivity contribution in [3.05, 3.63) is 35.4 Å². The van der Waals surface area contributed by atoms with E-state index in [9.17, 15) is 9.59 Å². The number of carboxylic acids is 1. The van der Waals surface area contributed by atoms with Gasteiger partial charge in [-0.1, -0.05) is 24.3 Å².